The third-order valence-electron chi connectivity index (χ3n) is 16.5. The van der Waals surface area contributed by atoms with Gasteiger partial charge in [0.15, 0.2) is 0 Å². The molecule has 0 amide bonds. The van der Waals surface area contributed by atoms with Crippen LogP contribution in [0.4, 0.5) is 17.1 Å². The van der Waals surface area contributed by atoms with E-state index in [4.69, 9.17) is 0 Å². The molecule has 2 heterocycles. The van der Waals surface area contributed by atoms with Gasteiger partial charge in [0.05, 0.1) is 19.6 Å². The zero-order chi connectivity index (χ0) is 48.0. The maximum absolute atomic E-state index is 15.0. The van der Waals surface area contributed by atoms with E-state index in [0.29, 0.717) is 19.6 Å². The fraction of sp³-hybridized carbons (Fsp3) is 0.143. The topological polar surface area (TPSA) is 71.5 Å². The summed E-state index contributed by atoms with van der Waals surface area (Å²) in [5.74, 6) is 0. The molecule has 0 atom stereocenters. The van der Waals surface area contributed by atoms with E-state index in [0.717, 1.165) is 112 Å². The number of hydrogen-bond acceptors (Lipinski definition) is 5. The summed E-state index contributed by atoms with van der Waals surface area (Å²) in [6.07, 6.45) is 0. The molecular formula is C63H47NO4S2. The quantitative estimate of drug-likeness (QED) is 0.176. The van der Waals surface area contributed by atoms with Crippen molar-refractivity contribution in [1.29, 1.82) is 0 Å². The van der Waals surface area contributed by atoms with Crippen molar-refractivity contribution >= 4 is 36.7 Å². The van der Waals surface area contributed by atoms with Crippen molar-refractivity contribution in [2.75, 3.05) is 4.90 Å². The predicted octanol–water partition coefficient (Wildman–Crippen LogP) is 15.4. The maximum atomic E-state index is 15.0. The fourth-order valence-corrected chi connectivity index (χ4v) is 17.2. The molecule has 5 nitrogen and oxygen atoms in total. The Morgan fingerprint density at radius 3 is 1.41 bits per heavy atom. The molecule has 340 valence electrons. The highest BCUT2D eigenvalue weighted by Gasteiger charge is 2.53. The molecule has 0 unspecified atom stereocenters. The SMILES string of the molecule is CC1(C)c2cc(N(c3ccccc3)c3ccc4c(c3)C(C)(C)c3c-4c4c(c5c3C(C)(C)c3ccccc3-5)S(=O)(=O)c3ccccc3-4)ccc2-c2c1cc(-c1ccccc1)c1c2-c2ccccc2S1(=O)=O. The number of sulfone groups is 2. The van der Waals surface area contributed by atoms with Gasteiger partial charge >= 0.3 is 0 Å². The van der Waals surface area contributed by atoms with E-state index in [1.54, 1.807) is 12.1 Å². The summed E-state index contributed by atoms with van der Waals surface area (Å²) in [7, 11) is -7.67. The van der Waals surface area contributed by atoms with Gasteiger partial charge < -0.3 is 4.90 Å². The normalized spacial score (nSPS) is 17.2. The van der Waals surface area contributed by atoms with Crippen LogP contribution in [0.3, 0.4) is 0 Å². The van der Waals surface area contributed by atoms with Crippen molar-refractivity contribution in [3.8, 4) is 66.8 Å². The molecule has 14 rings (SSSR count). The summed E-state index contributed by atoms with van der Waals surface area (Å²) in [6.45, 7) is 13.6. The van der Waals surface area contributed by atoms with Gasteiger partial charge in [-0.2, -0.15) is 0 Å². The molecule has 0 aromatic heterocycles. The zero-order valence-electron chi connectivity index (χ0n) is 39.6. The van der Waals surface area contributed by atoms with Gasteiger partial charge in [0.1, 0.15) is 0 Å². The number of anilines is 3. The lowest BCUT2D eigenvalue weighted by Crippen LogP contribution is -2.25. The highest BCUT2D eigenvalue weighted by Crippen LogP contribution is 2.67. The van der Waals surface area contributed by atoms with E-state index in [2.05, 4.69) is 131 Å². The molecule has 0 saturated heterocycles. The Morgan fingerprint density at radius 1 is 0.329 bits per heavy atom. The van der Waals surface area contributed by atoms with Gasteiger partial charge in [0.2, 0.25) is 19.7 Å². The first kappa shape index (κ1) is 41.6. The third kappa shape index (κ3) is 5.01. The number of nitrogens with zero attached hydrogens (tertiary/aromatic N) is 1. The van der Waals surface area contributed by atoms with Crippen LogP contribution in [0.1, 0.15) is 74.9 Å². The number of rotatable bonds is 4. The lowest BCUT2D eigenvalue weighted by atomic mass is 9.71. The standard InChI is InChI=1S/C63H47NO4S2/c1-61(2)47-33-38(29-31-41(47)52-49(61)35-45(36-19-9-7-10-20-36)59-54(52)43-24-14-17-27-50(43)69(59,65)66)64(37-21-11-8-12-22-37)39-30-32-42-48(34-39)63(5,6)57-53(42)55-44-25-15-18-28-51(44)70(67,68)60(55)56-40-23-13-16-26-46(40)62(3,4)58(56)57/h7-35H,1-6H3. The molecule has 0 radical (unpaired) electrons. The maximum Gasteiger partial charge on any atom is 0.208 e. The molecule has 70 heavy (non-hydrogen) atoms. The minimum Gasteiger partial charge on any atom is -0.310 e. The number of hydrogen-bond donors (Lipinski definition) is 0. The van der Waals surface area contributed by atoms with Crippen LogP contribution < -0.4 is 4.90 Å². The van der Waals surface area contributed by atoms with E-state index < -0.39 is 35.9 Å². The summed E-state index contributed by atoms with van der Waals surface area (Å²) >= 11 is 0. The second-order valence-corrected chi connectivity index (χ2v) is 24.9. The molecule has 0 bridgehead atoms. The highest BCUT2D eigenvalue weighted by molar-refractivity contribution is 7.92. The first-order valence-electron chi connectivity index (χ1n) is 24.0. The van der Waals surface area contributed by atoms with E-state index in [-0.39, 0.29) is 0 Å². The lowest BCUT2D eigenvalue weighted by molar-refractivity contribution is 0.594. The van der Waals surface area contributed by atoms with Crippen molar-refractivity contribution in [2.45, 2.75) is 77.4 Å². The fourth-order valence-electron chi connectivity index (χ4n) is 13.4. The monoisotopic (exact) mass is 945 g/mol. The minimum absolute atomic E-state index is 0.351. The van der Waals surface area contributed by atoms with E-state index in [1.165, 1.54) is 5.56 Å². The van der Waals surface area contributed by atoms with Gasteiger partial charge in [-0.25, -0.2) is 16.8 Å². The average molecular weight is 946 g/mol. The van der Waals surface area contributed by atoms with Gasteiger partial charge in [-0.1, -0.05) is 163 Å². The molecule has 0 N–H and O–H groups in total. The summed E-state index contributed by atoms with van der Waals surface area (Å²) in [4.78, 5) is 3.86. The molecular weight excluding hydrogens is 899 g/mol. The van der Waals surface area contributed by atoms with Crippen molar-refractivity contribution < 1.29 is 16.8 Å². The van der Waals surface area contributed by atoms with Crippen LogP contribution in [0.15, 0.2) is 196 Å². The smallest absolute Gasteiger partial charge is 0.208 e. The number of benzene rings is 9. The Labute approximate surface area is 409 Å². The molecule has 7 heteroatoms. The Bertz CT molecular complexity index is 4110. The number of para-hydroxylation sites is 1. The Kier molecular flexibility index (Phi) is 8.03. The Hall–Kier alpha value is -7.32. The summed E-state index contributed by atoms with van der Waals surface area (Å²) in [5, 5.41) is 0. The van der Waals surface area contributed by atoms with Crippen molar-refractivity contribution in [3.05, 3.63) is 209 Å². The van der Waals surface area contributed by atoms with E-state index >= 15 is 0 Å². The van der Waals surface area contributed by atoms with Gasteiger partial charge in [-0.15, -0.1) is 0 Å². The van der Waals surface area contributed by atoms with E-state index in [1.807, 2.05) is 78.9 Å². The molecule has 9 aromatic rings. The van der Waals surface area contributed by atoms with Crippen LogP contribution in [0.25, 0.3) is 66.8 Å². The third-order valence-corrected chi connectivity index (χ3v) is 20.2. The summed E-state index contributed by atoms with van der Waals surface area (Å²) in [5.41, 5.74) is 18.9. The molecule has 0 spiro atoms. The summed E-state index contributed by atoms with van der Waals surface area (Å²) in [6, 6.07) is 59.3. The van der Waals surface area contributed by atoms with Crippen LogP contribution in [-0.2, 0) is 35.9 Å². The zero-order valence-corrected chi connectivity index (χ0v) is 41.3. The first-order chi connectivity index (χ1) is 33.6. The van der Waals surface area contributed by atoms with Gasteiger partial charge in [0.25, 0.3) is 0 Å². The predicted molar refractivity (Wildman–Crippen MR) is 281 cm³/mol. The van der Waals surface area contributed by atoms with Gasteiger partial charge in [-0.05, 0) is 121 Å². The minimum atomic E-state index is -3.85. The van der Waals surface area contributed by atoms with Gasteiger partial charge in [-0.3, -0.25) is 0 Å². The summed E-state index contributed by atoms with van der Waals surface area (Å²) < 4.78 is 59.2. The Balaban J connectivity index is 0.988. The number of fused-ring (bicyclic) bond motifs is 19. The molecule has 0 saturated carbocycles. The van der Waals surface area contributed by atoms with Crippen LogP contribution in [0, 0.1) is 0 Å². The average Bonchev–Trinajstić information content (AvgIpc) is 4.01. The molecule has 3 aliphatic carbocycles. The second kappa shape index (κ2) is 13.5. The largest absolute Gasteiger partial charge is 0.310 e. The Morgan fingerprint density at radius 2 is 0.786 bits per heavy atom. The molecule has 0 fully saturated rings. The van der Waals surface area contributed by atoms with Gasteiger partial charge in [0, 0.05) is 66.7 Å². The van der Waals surface area contributed by atoms with Crippen molar-refractivity contribution in [3.63, 3.8) is 0 Å². The first-order valence-corrected chi connectivity index (χ1v) is 27.0. The van der Waals surface area contributed by atoms with Crippen LogP contribution in [-0.4, -0.2) is 16.8 Å². The molecule has 2 aliphatic heterocycles. The van der Waals surface area contributed by atoms with Crippen molar-refractivity contribution in [1.82, 2.24) is 0 Å². The molecule has 9 aromatic carbocycles. The highest BCUT2D eigenvalue weighted by atomic mass is 32.2. The van der Waals surface area contributed by atoms with Crippen molar-refractivity contribution in [2.24, 2.45) is 0 Å². The second-order valence-electron chi connectivity index (χ2n) is 21.2. The molecule has 5 aliphatic rings. The van der Waals surface area contributed by atoms with Crippen LogP contribution in [0.2, 0.25) is 0 Å². The van der Waals surface area contributed by atoms with Crippen LogP contribution >= 0.6 is 0 Å². The van der Waals surface area contributed by atoms with Crippen LogP contribution in [0.5, 0.6) is 0 Å². The van der Waals surface area contributed by atoms with E-state index in [9.17, 15) is 16.8 Å². The lowest BCUT2D eigenvalue weighted by Gasteiger charge is -2.32.